The van der Waals surface area contributed by atoms with Gasteiger partial charge in [0.15, 0.2) is 0 Å². The minimum Gasteiger partial charge on any atom is -0.144 e. The molecule has 0 amide bonds. The highest BCUT2D eigenvalue weighted by molar-refractivity contribution is 5.04. The van der Waals surface area contributed by atoms with Gasteiger partial charge in [-0.3, -0.25) is 0 Å². The summed E-state index contributed by atoms with van der Waals surface area (Å²) in [6.07, 6.45) is 3.60. The lowest BCUT2D eigenvalue weighted by Crippen LogP contribution is -1.55. The molecule has 1 aliphatic rings. The van der Waals surface area contributed by atoms with Crippen molar-refractivity contribution in [3.05, 3.63) is 0 Å². The van der Waals surface area contributed by atoms with E-state index in [0.717, 1.165) is 12.8 Å². The summed E-state index contributed by atoms with van der Waals surface area (Å²) >= 11 is 0. The Labute approximate surface area is 36.4 Å². The highest BCUT2D eigenvalue weighted by atomic mass is 19.1. The lowest BCUT2D eigenvalue weighted by atomic mass is 10.5. The fourth-order valence-corrected chi connectivity index (χ4v) is 0.305. The van der Waals surface area contributed by atoms with Gasteiger partial charge in [-0.15, -0.1) is 4.39 Å². The van der Waals surface area contributed by atoms with Gasteiger partial charge in [-0.1, -0.05) is 5.92 Å². The summed E-state index contributed by atoms with van der Waals surface area (Å²) in [6, 6.07) is 0. The van der Waals surface area contributed by atoms with E-state index in [4.69, 9.17) is 0 Å². The predicted octanol–water partition coefficient (Wildman–Crippen LogP) is 1.33. The number of hydrogen-bond acceptors (Lipinski definition) is 0. The van der Waals surface area contributed by atoms with Crippen molar-refractivity contribution < 1.29 is 4.39 Å². The van der Waals surface area contributed by atoms with Gasteiger partial charge in [0.25, 0.3) is 0 Å². The maximum absolute atomic E-state index is 10.9. The maximum atomic E-state index is 10.9. The molecule has 0 aromatic rings. The molecule has 0 bridgehead atoms. The molecular weight excluding hydrogens is 79.1 g/mol. The maximum Gasteiger partial charge on any atom is 0.105 e. The Morgan fingerprint density at radius 3 is 2.33 bits per heavy atom. The molecule has 0 radical (unpaired) electrons. The van der Waals surface area contributed by atoms with Gasteiger partial charge in [0, 0.05) is 5.92 Å². The second-order valence-corrected chi connectivity index (χ2v) is 1.51. The molecule has 1 fully saturated rings. The van der Waals surface area contributed by atoms with Gasteiger partial charge < -0.3 is 0 Å². The Bertz CT molecular complexity index is 92.2. The molecule has 0 nitrogen and oxygen atoms in total. The van der Waals surface area contributed by atoms with Crippen molar-refractivity contribution in [1.29, 1.82) is 0 Å². The van der Waals surface area contributed by atoms with Gasteiger partial charge in [-0.2, -0.15) is 0 Å². The molecule has 0 unspecified atom stereocenters. The second kappa shape index (κ2) is 1.30. The third-order valence-electron chi connectivity index (χ3n) is 0.836. The molecule has 0 saturated heterocycles. The van der Waals surface area contributed by atoms with Crippen LogP contribution in [-0.2, 0) is 0 Å². The van der Waals surface area contributed by atoms with E-state index in [1.807, 2.05) is 0 Å². The molecule has 6 heavy (non-hydrogen) atoms. The summed E-state index contributed by atoms with van der Waals surface area (Å²) in [7, 11) is 0. The lowest BCUT2D eigenvalue weighted by molar-refractivity contribution is 0.770. The van der Waals surface area contributed by atoms with Crippen LogP contribution < -0.4 is 0 Å². The van der Waals surface area contributed by atoms with Crippen LogP contribution in [0.15, 0.2) is 0 Å². The van der Waals surface area contributed by atoms with Crippen molar-refractivity contribution in [3.8, 4) is 12.1 Å². The third kappa shape index (κ3) is 0.718. The van der Waals surface area contributed by atoms with Crippen molar-refractivity contribution >= 4 is 0 Å². The molecule has 0 aromatic carbocycles. The summed E-state index contributed by atoms with van der Waals surface area (Å²) in [5, 5.41) is 0. The van der Waals surface area contributed by atoms with Crippen LogP contribution in [0.5, 0.6) is 0 Å². The van der Waals surface area contributed by atoms with E-state index in [9.17, 15) is 4.39 Å². The van der Waals surface area contributed by atoms with Crippen LogP contribution in [-0.4, -0.2) is 0 Å². The van der Waals surface area contributed by atoms with Crippen molar-refractivity contribution in [2.75, 3.05) is 0 Å². The van der Waals surface area contributed by atoms with Crippen molar-refractivity contribution in [2.24, 2.45) is 5.92 Å². The zero-order valence-electron chi connectivity index (χ0n) is 3.37. The number of rotatable bonds is 0. The molecule has 0 aromatic heterocycles. The topological polar surface area (TPSA) is 0 Å². The Hall–Kier alpha value is -0.510. The molecule has 32 valence electrons. The molecule has 0 N–H and O–H groups in total. The summed E-state index contributed by atoms with van der Waals surface area (Å²) in [5.41, 5.74) is 0. The summed E-state index contributed by atoms with van der Waals surface area (Å²) in [6.45, 7) is 0. The quantitative estimate of drug-likeness (QED) is 0.388. The first-order chi connectivity index (χ1) is 2.93. The molecule has 0 heterocycles. The fraction of sp³-hybridized carbons (Fsp3) is 0.600. The van der Waals surface area contributed by atoms with Crippen LogP contribution in [0.4, 0.5) is 4.39 Å². The van der Waals surface area contributed by atoms with E-state index in [1.54, 1.807) is 0 Å². The van der Waals surface area contributed by atoms with E-state index in [2.05, 4.69) is 5.92 Å². The predicted molar refractivity (Wildman–Crippen MR) is 21.6 cm³/mol. The minimum absolute atomic E-state index is 0.412. The zero-order chi connectivity index (χ0) is 4.41. The van der Waals surface area contributed by atoms with E-state index in [-0.39, 0.29) is 0 Å². The van der Waals surface area contributed by atoms with Crippen LogP contribution >= 0.6 is 0 Å². The van der Waals surface area contributed by atoms with Gasteiger partial charge in [0.1, 0.15) is 6.17 Å². The standard InChI is InChI=1S/C5H5F/c6-4-3-5-1-2-5/h5H,1-2H2. The zero-order valence-corrected chi connectivity index (χ0v) is 3.37. The largest absolute Gasteiger partial charge is 0.144 e. The van der Waals surface area contributed by atoms with Gasteiger partial charge >= 0.3 is 0 Å². The Kier molecular flexibility index (Phi) is 0.795. The van der Waals surface area contributed by atoms with E-state index < -0.39 is 0 Å². The summed E-state index contributed by atoms with van der Waals surface area (Å²) in [5.74, 6) is 2.81. The van der Waals surface area contributed by atoms with E-state index in [0.29, 0.717) is 5.92 Å². The van der Waals surface area contributed by atoms with Crippen molar-refractivity contribution in [2.45, 2.75) is 12.8 Å². The molecule has 1 saturated carbocycles. The monoisotopic (exact) mass is 84.0 g/mol. The van der Waals surface area contributed by atoms with Gasteiger partial charge in [-0.25, -0.2) is 0 Å². The summed E-state index contributed by atoms with van der Waals surface area (Å²) < 4.78 is 10.9. The lowest BCUT2D eigenvalue weighted by Gasteiger charge is -1.59. The van der Waals surface area contributed by atoms with Crippen LogP contribution in [0, 0.1) is 18.0 Å². The number of hydrogen-bond donors (Lipinski definition) is 0. The summed E-state index contributed by atoms with van der Waals surface area (Å²) in [4.78, 5) is 0. The molecular formula is C5H5F. The first kappa shape index (κ1) is 3.67. The molecule has 0 atom stereocenters. The van der Waals surface area contributed by atoms with Crippen LogP contribution in [0.25, 0.3) is 0 Å². The Morgan fingerprint density at radius 1 is 1.50 bits per heavy atom. The third-order valence-corrected chi connectivity index (χ3v) is 0.836. The van der Waals surface area contributed by atoms with E-state index >= 15 is 0 Å². The van der Waals surface area contributed by atoms with Gasteiger partial charge in [0.2, 0.25) is 0 Å². The van der Waals surface area contributed by atoms with E-state index in [1.165, 1.54) is 6.17 Å². The molecule has 1 aliphatic carbocycles. The van der Waals surface area contributed by atoms with Crippen molar-refractivity contribution in [3.63, 3.8) is 0 Å². The first-order valence-corrected chi connectivity index (χ1v) is 2.04. The molecule has 1 rings (SSSR count). The van der Waals surface area contributed by atoms with Crippen molar-refractivity contribution in [1.82, 2.24) is 0 Å². The Morgan fingerprint density at radius 2 is 2.17 bits per heavy atom. The average molecular weight is 84.1 g/mol. The first-order valence-electron chi connectivity index (χ1n) is 2.04. The molecule has 0 aliphatic heterocycles. The molecule has 0 spiro atoms. The highest BCUT2D eigenvalue weighted by Gasteiger charge is 2.17. The van der Waals surface area contributed by atoms with Crippen LogP contribution in [0.2, 0.25) is 0 Å². The van der Waals surface area contributed by atoms with Gasteiger partial charge in [-0.05, 0) is 12.8 Å². The second-order valence-electron chi connectivity index (χ2n) is 1.51. The smallest absolute Gasteiger partial charge is 0.105 e. The Balaban J connectivity index is 2.27. The SMILES string of the molecule is FC#CC1CC1. The minimum atomic E-state index is 0.412. The highest BCUT2D eigenvalue weighted by Crippen LogP contribution is 2.27. The average Bonchev–Trinajstić information content (AvgIpc) is 2.21. The van der Waals surface area contributed by atoms with Crippen LogP contribution in [0.3, 0.4) is 0 Å². The normalized spacial score (nSPS) is 18.8. The van der Waals surface area contributed by atoms with Gasteiger partial charge in [0.05, 0.1) is 0 Å². The number of halogens is 1. The van der Waals surface area contributed by atoms with Crippen LogP contribution in [0.1, 0.15) is 12.8 Å². The fourth-order valence-electron chi connectivity index (χ4n) is 0.305. The molecule has 1 heteroatoms.